The van der Waals surface area contributed by atoms with E-state index in [4.69, 9.17) is 0 Å². The van der Waals surface area contributed by atoms with Crippen LogP contribution in [-0.2, 0) is 6.54 Å². The Labute approximate surface area is 92.9 Å². The highest BCUT2D eigenvalue weighted by Gasteiger charge is 2.13. The van der Waals surface area contributed by atoms with Crippen LogP contribution in [0.4, 0.5) is 0 Å². The molecule has 0 radical (unpaired) electrons. The van der Waals surface area contributed by atoms with E-state index in [1.807, 2.05) is 13.2 Å². The van der Waals surface area contributed by atoms with Gasteiger partial charge >= 0.3 is 0 Å². The fourth-order valence-electron chi connectivity index (χ4n) is 1.90. The third-order valence-electron chi connectivity index (χ3n) is 2.84. The highest BCUT2D eigenvalue weighted by molar-refractivity contribution is 4.99. The summed E-state index contributed by atoms with van der Waals surface area (Å²) >= 11 is 0. The molecule has 1 rings (SSSR count). The van der Waals surface area contributed by atoms with Gasteiger partial charge in [0.05, 0.1) is 6.04 Å². The fraction of sp³-hybridized carbons (Fsp3) is 0.750. The number of nitrogens with zero attached hydrogens (tertiary/aromatic N) is 2. The predicted molar refractivity (Wildman–Crippen MR) is 63.8 cm³/mol. The zero-order chi connectivity index (χ0) is 11.1. The van der Waals surface area contributed by atoms with Crippen molar-refractivity contribution in [3.8, 4) is 0 Å². The van der Waals surface area contributed by atoms with Gasteiger partial charge in [0.2, 0.25) is 0 Å². The molecule has 3 nitrogen and oxygen atoms in total. The first-order valence-electron chi connectivity index (χ1n) is 6.01. The Morgan fingerprint density at radius 2 is 2.20 bits per heavy atom. The Hall–Kier alpha value is -0.830. The van der Waals surface area contributed by atoms with Crippen LogP contribution in [-0.4, -0.2) is 16.6 Å². The summed E-state index contributed by atoms with van der Waals surface area (Å²) in [7, 11) is 2.02. The average molecular weight is 209 g/mol. The SMILES string of the molecule is CCCCCC(NC)c1nccn1CC. The van der Waals surface area contributed by atoms with Gasteiger partial charge in [0, 0.05) is 18.9 Å². The lowest BCUT2D eigenvalue weighted by atomic mass is 10.1. The van der Waals surface area contributed by atoms with Crippen LogP contribution in [0.15, 0.2) is 12.4 Å². The van der Waals surface area contributed by atoms with E-state index in [-0.39, 0.29) is 0 Å². The summed E-state index contributed by atoms with van der Waals surface area (Å²) in [6.07, 6.45) is 8.99. The standard InChI is InChI=1S/C12H23N3/c1-4-6-7-8-11(13-3)12-14-9-10-15(12)5-2/h9-11,13H,4-8H2,1-3H3. The Morgan fingerprint density at radius 3 is 2.80 bits per heavy atom. The van der Waals surface area contributed by atoms with E-state index in [2.05, 4.69) is 34.9 Å². The van der Waals surface area contributed by atoms with Crippen LogP contribution in [0.5, 0.6) is 0 Å². The van der Waals surface area contributed by atoms with E-state index < -0.39 is 0 Å². The summed E-state index contributed by atoms with van der Waals surface area (Å²) in [4.78, 5) is 4.44. The molecular formula is C12H23N3. The summed E-state index contributed by atoms with van der Waals surface area (Å²) in [6, 6.07) is 0.409. The highest BCUT2D eigenvalue weighted by Crippen LogP contribution is 2.17. The van der Waals surface area contributed by atoms with Crippen molar-refractivity contribution >= 4 is 0 Å². The summed E-state index contributed by atoms with van der Waals surface area (Å²) in [5.41, 5.74) is 0. The van der Waals surface area contributed by atoms with Crippen LogP contribution < -0.4 is 5.32 Å². The number of hydrogen-bond acceptors (Lipinski definition) is 2. The average Bonchev–Trinajstić information content (AvgIpc) is 2.72. The smallest absolute Gasteiger partial charge is 0.125 e. The Bertz CT molecular complexity index is 268. The zero-order valence-electron chi connectivity index (χ0n) is 10.2. The first-order chi connectivity index (χ1) is 7.33. The number of aryl methyl sites for hydroxylation is 1. The van der Waals surface area contributed by atoms with E-state index in [1.165, 1.54) is 31.5 Å². The van der Waals surface area contributed by atoms with Gasteiger partial charge in [-0.05, 0) is 20.4 Å². The molecule has 86 valence electrons. The quantitative estimate of drug-likeness (QED) is 0.700. The van der Waals surface area contributed by atoms with Gasteiger partial charge in [-0.3, -0.25) is 0 Å². The van der Waals surface area contributed by atoms with Crippen molar-refractivity contribution in [2.24, 2.45) is 0 Å². The molecule has 0 saturated heterocycles. The Morgan fingerprint density at radius 1 is 1.40 bits per heavy atom. The van der Waals surface area contributed by atoms with Gasteiger partial charge in [-0.1, -0.05) is 26.2 Å². The van der Waals surface area contributed by atoms with Gasteiger partial charge in [-0.25, -0.2) is 4.98 Å². The van der Waals surface area contributed by atoms with Gasteiger partial charge in [-0.2, -0.15) is 0 Å². The van der Waals surface area contributed by atoms with E-state index in [9.17, 15) is 0 Å². The van der Waals surface area contributed by atoms with Crippen molar-refractivity contribution in [2.45, 2.75) is 52.1 Å². The molecule has 15 heavy (non-hydrogen) atoms. The highest BCUT2D eigenvalue weighted by atomic mass is 15.1. The monoisotopic (exact) mass is 209 g/mol. The van der Waals surface area contributed by atoms with Crippen LogP contribution in [0.3, 0.4) is 0 Å². The van der Waals surface area contributed by atoms with Crippen molar-refractivity contribution in [1.29, 1.82) is 0 Å². The summed E-state index contributed by atoms with van der Waals surface area (Å²) in [5.74, 6) is 1.18. The normalized spacial score (nSPS) is 13.0. The molecule has 0 saturated carbocycles. The van der Waals surface area contributed by atoms with E-state index in [1.54, 1.807) is 0 Å². The van der Waals surface area contributed by atoms with Crippen molar-refractivity contribution in [1.82, 2.24) is 14.9 Å². The first-order valence-corrected chi connectivity index (χ1v) is 6.01. The zero-order valence-corrected chi connectivity index (χ0v) is 10.2. The second kappa shape index (κ2) is 6.62. The Balaban J connectivity index is 2.57. The maximum absolute atomic E-state index is 4.44. The Kier molecular flexibility index (Phi) is 5.40. The lowest BCUT2D eigenvalue weighted by Gasteiger charge is -2.16. The molecule has 0 aliphatic heterocycles. The van der Waals surface area contributed by atoms with Crippen molar-refractivity contribution < 1.29 is 0 Å². The molecule has 0 bridgehead atoms. The molecule has 3 heteroatoms. The third-order valence-corrected chi connectivity index (χ3v) is 2.84. The molecule has 0 aromatic carbocycles. The molecule has 0 aliphatic carbocycles. The lowest BCUT2D eigenvalue weighted by molar-refractivity contribution is 0.470. The number of imidazole rings is 1. The minimum atomic E-state index is 0.409. The number of hydrogen-bond donors (Lipinski definition) is 1. The molecule has 1 aromatic heterocycles. The van der Waals surface area contributed by atoms with Crippen molar-refractivity contribution in [2.75, 3.05) is 7.05 Å². The number of nitrogens with one attached hydrogen (secondary N) is 1. The molecular weight excluding hydrogens is 186 g/mol. The van der Waals surface area contributed by atoms with E-state index >= 15 is 0 Å². The van der Waals surface area contributed by atoms with Crippen LogP contribution >= 0.6 is 0 Å². The van der Waals surface area contributed by atoms with Crippen LogP contribution in [0.1, 0.15) is 51.4 Å². The topological polar surface area (TPSA) is 29.9 Å². The van der Waals surface area contributed by atoms with Crippen LogP contribution in [0.2, 0.25) is 0 Å². The van der Waals surface area contributed by atoms with Crippen LogP contribution in [0.25, 0.3) is 0 Å². The molecule has 0 fully saturated rings. The largest absolute Gasteiger partial charge is 0.334 e. The number of unbranched alkanes of at least 4 members (excludes halogenated alkanes) is 2. The summed E-state index contributed by atoms with van der Waals surface area (Å²) in [5, 5.41) is 3.35. The predicted octanol–water partition coefficient (Wildman–Crippen LogP) is 2.74. The van der Waals surface area contributed by atoms with Gasteiger partial charge in [0.1, 0.15) is 5.82 Å². The number of aromatic nitrogens is 2. The van der Waals surface area contributed by atoms with Gasteiger partial charge in [-0.15, -0.1) is 0 Å². The molecule has 0 aliphatic rings. The second-order valence-electron chi connectivity index (χ2n) is 3.91. The molecule has 0 spiro atoms. The van der Waals surface area contributed by atoms with Crippen molar-refractivity contribution in [3.63, 3.8) is 0 Å². The molecule has 1 unspecified atom stereocenters. The fourth-order valence-corrected chi connectivity index (χ4v) is 1.90. The van der Waals surface area contributed by atoms with E-state index in [0.29, 0.717) is 6.04 Å². The molecule has 1 N–H and O–H groups in total. The second-order valence-corrected chi connectivity index (χ2v) is 3.91. The third kappa shape index (κ3) is 3.34. The van der Waals surface area contributed by atoms with Crippen LogP contribution in [0, 0.1) is 0 Å². The molecule has 1 aromatic rings. The molecule has 1 atom stereocenters. The first kappa shape index (κ1) is 12.2. The summed E-state index contributed by atoms with van der Waals surface area (Å²) in [6.45, 7) is 5.40. The minimum Gasteiger partial charge on any atom is -0.334 e. The van der Waals surface area contributed by atoms with Crippen molar-refractivity contribution in [3.05, 3.63) is 18.2 Å². The maximum atomic E-state index is 4.44. The minimum absolute atomic E-state index is 0.409. The number of rotatable bonds is 7. The summed E-state index contributed by atoms with van der Waals surface area (Å²) < 4.78 is 2.22. The maximum Gasteiger partial charge on any atom is 0.125 e. The van der Waals surface area contributed by atoms with Gasteiger partial charge < -0.3 is 9.88 Å². The molecule has 1 heterocycles. The van der Waals surface area contributed by atoms with E-state index in [0.717, 1.165) is 6.54 Å². The molecule has 0 amide bonds. The van der Waals surface area contributed by atoms with Gasteiger partial charge in [0.15, 0.2) is 0 Å². The van der Waals surface area contributed by atoms with Gasteiger partial charge in [0.25, 0.3) is 0 Å². The lowest BCUT2D eigenvalue weighted by Crippen LogP contribution is -2.20.